The van der Waals surface area contributed by atoms with Crippen molar-refractivity contribution >= 4 is 22.4 Å². The zero-order valence-corrected chi connectivity index (χ0v) is 21.3. The molecule has 2 heterocycles. The predicted molar refractivity (Wildman–Crippen MR) is 143 cm³/mol. The van der Waals surface area contributed by atoms with Crippen molar-refractivity contribution in [1.82, 2.24) is 9.13 Å². The largest absolute Gasteiger partial charge is 0.423 e. The number of aliphatic hydroxyl groups is 1. The fourth-order valence-corrected chi connectivity index (χ4v) is 4.82. The van der Waals surface area contributed by atoms with Crippen LogP contribution in [0.15, 0.2) is 97.3 Å². The van der Waals surface area contributed by atoms with Gasteiger partial charge in [-0.05, 0) is 30.7 Å². The minimum Gasteiger partial charge on any atom is -0.375 e. The molecule has 3 aromatic carbocycles. The number of nitro benzene ring substituents is 1. The van der Waals surface area contributed by atoms with Gasteiger partial charge in [0.2, 0.25) is 11.4 Å². The quantitative estimate of drug-likeness (QED) is 0.139. The van der Waals surface area contributed by atoms with E-state index in [9.17, 15) is 33.2 Å². The number of hydrogen-bond acceptors (Lipinski definition) is 4. The number of aromatic nitrogens is 2. The number of carbonyl (C=O) groups is 1. The Morgan fingerprint density at radius 1 is 0.950 bits per heavy atom. The highest BCUT2D eigenvalue weighted by molar-refractivity contribution is 6.08. The van der Waals surface area contributed by atoms with Gasteiger partial charge in [-0.2, -0.15) is 13.2 Å². The smallest absolute Gasteiger partial charge is 0.375 e. The third kappa shape index (κ3) is 4.89. The molecule has 1 N–H and O–H groups in total. The lowest BCUT2D eigenvalue weighted by atomic mass is 9.92. The normalized spacial score (nSPS) is 13.3. The first kappa shape index (κ1) is 26.9. The van der Waals surface area contributed by atoms with Crippen LogP contribution in [0.4, 0.5) is 18.9 Å². The molecule has 0 aliphatic rings. The van der Waals surface area contributed by atoms with Crippen LogP contribution in [0.1, 0.15) is 32.7 Å². The molecule has 0 spiro atoms. The Morgan fingerprint density at radius 3 is 2.30 bits per heavy atom. The third-order valence-corrected chi connectivity index (χ3v) is 6.96. The van der Waals surface area contributed by atoms with Crippen molar-refractivity contribution in [3.63, 3.8) is 0 Å². The first-order chi connectivity index (χ1) is 19.0. The van der Waals surface area contributed by atoms with Crippen molar-refractivity contribution < 1.29 is 28.0 Å². The number of alkyl halides is 3. The fourth-order valence-electron chi connectivity index (χ4n) is 4.82. The first-order valence-corrected chi connectivity index (χ1v) is 12.4. The van der Waals surface area contributed by atoms with Crippen molar-refractivity contribution in [2.45, 2.75) is 31.8 Å². The SMILES string of the molecule is Cc1ccc(C(=O)c2cccn2CC(O)(c2cn(Cc3ccccc3)c3cc([N+](=O)[O-])ccc23)C(F)(F)F)cc1. The van der Waals surface area contributed by atoms with Crippen LogP contribution in [0, 0.1) is 17.0 Å². The summed E-state index contributed by atoms with van der Waals surface area (Å²) >= 11 is 0. The molecule has 1 unspecified atom stereocenters. The highest BCUT2D eigenvalue weighted by Crippen LogP contribution is 2.44. The number of hydrogen-bond donors (Lipinski definition) is 1. The van der Waals surface area contributed by atoms with E-state index < -0.39 is 34.6 Å². The number of benzene rings is 3. The summed E-state index contributed by atoms with van der Waals surface area (Å²) in [5, 5.41) is 22.9. The summed E-state index contributed by atoms with van der Waals surface area (Å²) < 4.78 is 46.9. The molecule has 0 aliphatic heterocycles. The van der Waals surface area contributed by atoms with Gasteiger partial charge >= 0.3 is 6.18 Å². The van der Waals surface area contributed by atoms with Gasteiger partial charge in [0.1, 0.15) is 0 Å². The fraction of sp³-hybridized carbons (Fsp3) is 0.167. The number of non-ortho nitro benzene ring substituents is 1. The lowest BCUT2D eigenvalue weighted by Crippen LogP contribution is -2.46. The van der Waals surface area contributed by atoms with Crippen LogP contribution in [-0.2, 0) is 18.7 Å². The van der Waals surface area contributed by atoms with Crippen LogP contribution in [0.5, 0.6) is 0 Å². The molecule has 0 aliphatic carbocycles. The van der Waals surface area contributed by atoms with Crippen LogP contribution < -0.4 is 0 Å². The highest BCUT2D eigenvalue weighted by atomic mass is 19.4. The number of ketones is 1. The monoisotopic (exact) mass is 547 g/mol. The van der Waals surface area contributed by atoms with Crippen LogP contribution in [-0.4, -0.2) is 31.1 Å². The molecular formula is C30H24F3N3O4. The van der Waals surface area contributed by atoms with Gasteiger partial charge in [-0.3, -0.25) is 14.9 Å². The second-order valence-electron chi connectivity index (χ2n) is 9.69. The molecule has 7 nitrogen and oxygen atoms in total. The van der Waals surface area contributed by atoms with E-state index in [1.54, 1.807) is 54.6 Å². The number of aryl methyl sites for hydroxylation is 1. The summed E-state index contributed by atoms with van der Waals surface area (Å²) in [7, 11) is 0. The zero-order chi connectivity index (χ0) is 28.7. The van der Waals surface area contributed by atoms with E-state index in [2.05, 4.69) is 0 Å². The van der Waals surface area contributed by atoms with E-state index in [4.69, 9.17) is 0 Å². The van der Waals surface area contributed by atoms with Crippen LogP contribution in [0.25, 0.3) is 10.9 Å². The van der Waals surface area contributed by atoms with Gasteiger partial charge < -0.3 is 14.2 Å². The maximum Gasteiger partial charge on any atom is 0.423 e. The Hall–Kier alpha value is -4.70. The van der Waals surface area contributed by atoms with Gasteiger partial charge in [-0.25, -0.2) is 0 Å². The molecule has 2 aromatic heterocycles. The van der Waals surface area contributed by atoms with E-state index in [-0.39, 0.29) is 28.8 Å². The van der Waals surface area contributed by atoms with Gasteiger partial charge in [0.15, 0.2) is 0 Å². The minimum absolute atomic E-state index is 0.0138. The number of rotatable bonds is 8. The van der Waals surface area contributed by atoms with Crippen molar-refractivity contribution in [1.29, 1.82) is 0 Å². The number of nitrogens with zero attached hydrogens (tertiary/aromatic N) is 3. The summed E-state index contributed by atoms with van der Waals surface area (Å²) in [6.07, 6.45) is -2.67. The van der Waals surface area contributed by atoms with Gasteiger partial charge in [0, 0.05) is 47.6 Å². The summed E-state index contributed by atoms with van der Waals surface area (Å²) in [4.78, 5) is 24.0. The van der Waals surface area contributed by atoms with Gasteiger partial charge in [-0.1, -0.05) is 60.2 Å². The lowest BCUT2D eigenvalue weighted by molar-refractivity contribution is -0.384. The number of fused-ring (bicyclic) bond motifs is 1. The van der Waals surface area contributed by atoms with Gasteiger partial charge in [0.05, 0.1) is 22.7 Å². The van der Waals surface area contributed by atoms with E-state index in [1.807, 2.05) is 6.92 Å². The average Bonchev–Trinajstić information content (AvgIpc) is 3.53. The Kier molecular flexibility index (Phi) is 6.80. The molecule has 0 radical (unpaired) electrons. The first-order valence-electron chi connectivity index (χ1n) is 12.4. The van der Waals surface area contributed by atoms with Crippen LogP contribution in [0.2, 0.25) is 0 Å². The van der Waals surface area contributed by atoms with Crippen molar-refractivity contribution in [3.05, 3.63) is 135 Å². The molecule has 5 aromatic rings. The average molecular weight is 548 g/mol. The molecule has 204 valence electrons. The van der Waals surface area contributed by atoms with E-state index in [1.165, 1.54) is 41.2 Å². The Labute approximate surface area is 226 Å². The Balaban J connectivity index is 1.63. The topological polar surface area (TPSA) is 90.3 Å². The number of nitro groups is 1. The van der Waals surface area contributed by atoms with Gasteiger partial charge in [0.25, 0.3) is 5.69 Å². The highest BCUT2D eigenvalue weighted by Gasteiger charge is 2.56. The predicted octanol–water partition coefficient (Wildman–Crippen LogP) is 6.39. The summed E-state index contributed by atoms with van der Waals surface area (Å²) in [5.74, 6) is -0.489. The zero-order valence-electron chi connectivity index (χ0n) is 21.3. The second-order valence-corrected chi connectivity index (χ2v) is 9.69. The van der Waals surface area contributed by atoms with Crippen molar-refractivity contribution in [2.24, 2.45) is 0 Å². The minimum atomic E-state index is -5.16. The Morgan fingerprint density at radius 2 is 1.65 bits per heavy atom. The van der Waals surface area contributed by atoms with Crippen molar-refractivity contribution in [3.8, 4) is 0 Å². The van der Waals surface area contributed by atoms with Crippen LogP contribution in [0.3, 0.4) is 0 Å². The molecule has 0 saturated carbocycles. The number of carbonyl (C=O) groups excluding carboxylic acids is 1. The molecule has 40 heavy (non-hydrogen) atoms. The number of halogens is 3. The third-order valence-electron chi connectivity index (χ3n) is 6.96. The van der Waals surface area contributed by atoms with E-state index in [0.29, 0.717) is 5.56 Å². The van der Waals surface area contributed by atoms with Crippen molar-refractivity contribution in [2.75, 3.05) is 0 Å². The van der Waals surface area contributed by atoms with Gasteiger partial charge in [-0.15, -0.1) is 0 Å². The Bertz CT molecular complexity index is 1710. The lowest BCUT2D eigenvalue weighted by Gasteiger charge is -2.31. The molecule has 0 fully saturated rings. The molecule has 0 amide bonds. The molecule has 10 heteroatoms. The van der Waals surface area contributed by atoms with E-state index in [0.717, 1.165) is 21.8 Å². The second kappa shape index (κ2) is 10.1. The summed E-state index contributed by atoms with van der Waals surface area (Å²) in [5.41, 5.74) is -2.07. The summed E-state index contributed by atoms with van der Waals surface area (Å²) in [6.45, 7) is 0.967. The summed E-state index contributed by atoms with van der Waals surface area (Å²) in [6, 6.07) is 21.9. The molecular weight excluding hydrogens is 523 g/mol. The molecule has 0 saturated heterocycles. The maximum atomic E-state index is 14.8. The van der Waals surface area contributed by atoms with E-state index >= 15 is 0 Å². The maximum absolute atomic E-state index is 14.8. The molecule has 5 rings (SSSR count). The molecule has 0 bridgehead atoms. The van der Waals surface area contributed by atoms with Crippen LogP contribution >= 0.6 is 0 Å². The standard InChI is InChI=1S/C30H24F3N3O4/c1-20-9-11-22(12-10-20)28(37)26-8-5-15-34(26)19-29(38,30(31,32)33)25-18-35(17-21-6-3-2-4-7-21)27-16-23(36(39)40)13-14-24(25)27/h2-16,18,38H,17,19H2,1H3. The molecule has 1 atom stereocenters.